The third-order valence-corrected chi connectivity index (χ3v) is 7.73. The maximum Gasteiger partial charge on any atom is 0.341 e. The molecule has 0 unspecified atom stereocenters. The van der Waals surface area contributed by atoms with Crippen LogP contribution in [-0.4, -0.2) is 56.2 Å². The van der Waals surface area contributed by atoms with Gasteiger partial charge < -0.3 is 28.8 Å². The van der Waals surface area contributed by atoms with Crippen molar-refractivity contribution in [3.63, 3.8) is 0 Å². The minimum absolute atomic E-state index is 0.142. The highest BCUT2D eigenvalue weighted by molar-refractivity contribution is 9.10. The molecular weight excluding hydrogens is 620 g/mol. The molecular formula is C28H27BrN2O9S. The number of thiazole rings is 1. The summed E-state index contributed by atoms with van der Waals surface area (Å²) in [6, 6.07) is 7.51. The minimum atomic E-state index is -1.10. The molecule has 1 atom stereocenters. The molecule has 1 aliphatic heterocycles. The van der Waals surface area contributed by atoms with Crippen LogP contribution in [0.5, 0.6) is 23.0 Å². The van der Waals surface area contributed by atoms with Gasteiger partial charge in [-0.05, 0) is 71.2 Å². The van der Waals surface area contributed by atoms with E-state index >= 15 is 0 Å². The van der Waals surface area contributed by atoms with Gasteiger partial charge in [0, 0.05) is 0 Å². The van der Waals surface area contributed by atoms with Gasteiger partial charge in [0.25, 0.3) is 5.56 Å². The lowest BCUT2D eigenvalue weighted by atomic mass is 9.95. The van der Waals surface area contributed by atoms with Gasteiger partial charge in [0.2, 0.25) is 5.75 Å². The zero-order chi connectivity index (χ0) is 29.8. The van der Waals surface area contributed by atoms with E-state index in [0.29, 0.717) is 53.6 Å². The van der Waals surface area contributed by atoms with E-state index in [1.807, 2.05) is 0 Å². The summed E-state index contributed by atoms with van der Waals surface area (Å²) in [6.45, 7) is 3.05. The summed E-state index contributed by atoms with van der Waals surface area (Å²) in [6.07, 6.45) is 1.69. The van der Waals surface area contributed by atoms with Crippen molar-refractivity contribution >= 4 is 45.3 Å². The van der Waals surface area contributed by atoms with E-state index in [1.165, 1.54) is 37.2 Å². The van der Waals surface area contributed by atoms with E-state index < -0.39 is 24.6 Å². The molecule has 41 heavy (non-hydrogen) atoms. The Morgan fingerprint density at radius 1 is 1.10 bits per heavy atom. The van der Waals surface area contributed by atoms with Gasteiger partial charge in [0.1, 0.15) is 5.75 Å². The van der Waals surface area contributed by atoms with E-state index in [1.54, 1.807) is 50.3 Å². The van der Waals surface area contributed by atoms with Crippen molar-refractivity contribution in [2.45, 2.75) is 19.9 Å². The van der Waals surface area contributed by atoms with Gasteiger partial charge in [0.15, 0.2) is 22.9 Å². The molecule has 0 saturated carbocycles. The van der Waals surface area contributed by atoms with Crippen LogP contribution in [-0.2, 0) is 14.3 Å². The number of rotatable bonds is 10. The van der Waals surface area contributed by atoms with Crippen LogP contribution in [0, 0.1) is 0 Å². The Balaban J connectivity index is 1.92. The molecule has 2 aromatic carbocycles. The third-order valence-electron chi connectivity index (χ3n) is 6.12. The summed E-state index contributed by atoms with van der Waals surface area (Å²) in [4.78, 5) is 42.9. The average Bonchev–Trinajstić information content (AvgIpc) is 3.24. The Bertz CT molecular complexity index is 1700. The van der Waals surface area contributed by atoms with Crippen LogP contribution in [0.1, 0.15) is 31.0 Å². The number of hydrogen-bond donors (Lipinski definition) is 1. The molecule has 0 bridgehead atoms. The first kappa shape index (κ1) is 29.9. The van der Waals surface area contributed by atoms with E-state index in [4.69, 9.17) is 28.8 Å². The lowest BCUT2D eigenvalue weighted by molar-refractivity contribution is -0.140. The first-order valence-corrected chi connectivity index (χ1v) is 13.9. The summed E-state index contributed by atoms with van der Waals surface area (Å²) >= 11 is 4.55. The second-order valence-corrected chi connectivity index (χ2v) is 10.5. The molecule has 0 radical (unpaired) electrons. The predicted molar refractivity (Wildman–Crippen MR) is 154 cm³/mol. The highest BCUT2D eigenvalue weighted by Gasteiger charge is 2.34. The fourth-order valence-corrected chi connectivity index (χ4v) is 5.94. The normalized spacial score (nSPS) is 14.7. The quantitative estimate of drug-likeness (QED) is 0.330. The van der Waals surface area contributed by atoms with Crippen molar-refractivity contribution in [2.24, 2.45) is 4.99 Å². The van der Waals surface area contributed by atoms with Crippen molar-refractivity contribution < 1.29 is 38.4 Å². The number of benzene rings is 2. The molecule has 1 aliphatic rings. The van der Waals surface area contributed by atoms with E-state index in [2.05, 4.69) is 20.9 Å². The van der Waals surface area contributed by atoms with Gasteiger partial charge in [-0.3, -0.25) is 9.36 Å². The van der Waals surface area contributed by atoms with Crippen LogP contribution in [0.3, 0.4) is 0 Å². The molecule has 0 amide bonds. The maximum atomic E-state index is 13.9. The summed E-state index contributed by atoms with van der Waals surface area (Å²) in [7, 11) is 4.45. The van der Waals surface area contributed by atoms with Crippen molar-refractivity contribution in [2.75, 3.05) is 34.5 Å². The molecule has 11 nitrogen and oxygen atoms in total. The molecule has 3 aromatic rings. The molecule has 4 rings (SSSR count). The molecule has 0 aliphatic carbocycles. The summed E-state index contributed by atoms with van der Waals surface area (Å²) in [5, 5.41) is 8.87. The Morgan fingerprint density at radius 3 is 2.34 bits per heavy atom. The number of fused-ring (bicyclic) bond motifs is 1. The second kappa shape index (κ2) is 12.6. The van der Waals surface area contributed by atoms with Crippen LogP contribution in [0.25, 0.3) is 6.08 Å². The number of halogens is 1. The number of methoxy groups -OCH3 is 3. The Kier molecular flexibility index (Phi) is 9.18. The van der Waals surface area contributed by atoms with Crippen molar-refractivity contribution in [3.8, 4) is 23.0 Å². The molecule has 1 N–H and O–H groups in total. The van der Waals surface area contributed by atoms with E-state index in [-0.39, 0.29) is 17.7 Å². The average molecular weight is 648 g/mol. The standard InChI is InChI=1S/C28H27BrN2O9S/c1-6-39-27(35)23-14(2)30-28-31(24(23)16-11-19(36-3)25(38-5)20(12-16)37-4)26(34)21(41-28)10-15-7-8-18(17(29)9-15)40-13-22(32)33/h7-12,24H,6,13H2,1-5H3,(H,32,33)/b21-10+/t24-/m0/s1. The lowest BCUT2D eigenvalue weighted by Gasteiger charge is -2.26. The fraction of sp³-hybridized carbons (Fsp3) is 0.286. The van der Waals surface area contributed by atoms with Gasteiger partial charge in [-0.2, -0.15) is 0 Å². The molecule has 0 saturated heterocycles. The number of aromatic nitrogens is 1. The van der Waals surface area contributed by atoms with Crippen LogP contribution >= 0.6 is 27.3 Å². The first-order chi connectivity index (χ1) is 19.6. The van der Waals surface area contributed by atoms with Crippen LogP contribution in [0.15, 0.2) is 55.9 Å². The highest BCUT2D eigenvalue weighted by Crippen LogP contribution is 2.42. The van der Waals surface area contributed by atoms with Gasteiger partial charge in [0.05, 0.1) is 54.3 Å². The number of ether oxygens (including phenoxy) is 5. The Hall–Kier alpha value is -4.10. The number of carboxylic acid groups (broad SMARTS) is 1. The first-order valence-electron chi connectivity index (χ1n) is 12.3. The van der Waals surface area contributed by atoms with Gasteiger partial charge in [-0.15, -0.1) is 0 Å². The largest absolute Gasteiger partial charge is 0.493 e. The van der Waals surface area contributed by atoms with Gasteiger partial charge in [-0.25, -0.2) is 14.6 Å². The predicted octanol–water partition coefficient (Wildman–Crippen LogP) is 3.05. The number of allylic oxidation sites excluding steroid dienone is 1. The fourth-order valence-electron chi connectivity index (χ4n) is 4.38. The number of nitrogens with zero attached hydrogens (tertiary/aromatic N) is 2. The van der Waals surface area contributed by atoms with Gasteiger partial charge in [-0.1, -0.05) is 17.4 Å². The summed E-state index contributed by atoms with van der Waals surface area (Å²) in [5.74, 6) is -0.258. The second-order valence-electron chi connectivity index (χ2n) is 8.63. The summed E-state index contributed by atoms with van der Waals surface area (Å²) < 4.78 is 29.5. The number of carbonyl (C=O) groups excluding carboxylic acids is 1. The minimum Gasteiger partial charge on any atom is -0.493 e. The highest BCUT2D eigenvalue weighted by atomic mass is 79.9. The maximum absolute atomic E-state index is 13.9. The zero-order valence-electron chi connectivity index (χ0n) is 22.8. The molecule has 0 spiro atoms. The molecule has 13 heteroatoms. The topological polar surface area (TPSA) is 135 Å². The molecule has 216 valence electrons. The van der Waals surface area contributed by atoms with Crippen molar-refractivity contribution in [3.05, 3.63) is 76.9 Å². The smallest absolute Gasteiger partial charge is 0.341 e. The monoisotopic (exact) mass is 646 g/mol. The summed E-state index contributed by atoms with van der Waals surface area (Å²) in [5.41, 5.74) is 1.45. The lowest BCUT2D eigenvalue weighted by Crippen LogP contribution is -2.40. The van der Waals surface area contributed by atoms with Gasteiger partial charge >= 0.3 is 11.9 Å². The number of hydrogen-bond acceptors (Lipinski definition) is 10. The Morgan fingerprint density at radius 2 is 1.78 bits per heavy atom. The SMILES string of the molecule is CCOC(=O)C1=C(C)N=c2s/c(=C/c3ccc(OCC(=O)O)c(Br)c3)c(=O)n2[C@H]1c1cc(OC)c(OC)c(OC)c1. The number of esters is 1. The number of carboxylic acids is 1. The van der Waals surface area contributed by atoms with Crippen molar-refractivity contribution in [1.29, 1.82) is 0 Å². The molecule has 1 aromatic heterocycles. The Labute approximate surface area is 247 Å². The van der Waals surface area contributed by atoms with E-state index in [0.717, 1.165) is 0 Å². The third kappa shape index (κ3) is 6.00. The molecule has 0 fully saturated rings. The number of aliphatic carboxylic acids is 1. The number of carbonyl (C=O) groups is 2. The van der Waals surface area contributed by atoms with Crippen LogP contribution in [0.2, 0.25) is 0 Å². The van der Waals surface area contributed by atoms with E-state index in [9.17, 15) is 14.4 Å². The van der Waals surface area contributed by atoms with Crippen LogP contribution in [0.4, 0.5) is 0 Å². The van der Waals surface area contributed by atoms with Crippen molar-refractivity contribution in [1.82, 2.24) is 4.57 Å². The zero-order valence-corrected chi connectivity index (χ0v) is 25.3. The molecule has 2 heterocycles. The van der Waals surface area contributed by atoms with Crippen LogP contribution < -0.4 is 33.8 Å².